The average molecular weight is 1270 g/mol. The Kier molecular flexibility index (Phi) is 47.0. The van der Waals surface area contributed by atoms with Gasteiger partial charge in [-0.1, -0.05) is 222 Å². The minimum atomic E-state index is -1.98. The Labute approximate surface area is 535 Å². The van der Waals surface area contributed by atoms with Crippen molar-refractivity contribution >= 4 is 5.91 Å². The van der Waals surface area contributed by atoms with E-state index in [1.165, 1.54) is 161 Å². The fraction of sp³-hybridized carbons (Fsp3) is 0.843. The third-order valence-corrected chi connectivity index (χ3v) is 17.3. The molecule has 17 unspecified atom stereocenters. The van der Waals surface area contributed by atoms with Crippen LogP contribution < -0.4 is 5.32 Å². The minimum Gasteiger partial charge on any atom is -0.394 e. The van der Waals surface area contributed by atoms with Crippen molar-refractivity contribution in [2.45, 2.75) is 349 Å². The lowest BCUT2D eigenvalue weighted by Gasteiger charge is -2.48. The molecule has 19 nitrogen and oxygen atoms in total. The van der Waals surface area contributed by atoms with Crippen LogP contribution in [0.1, 0.15) is 245 Å². The SMILES string of the molecule is CCCCCCC/C=C\C/C=C\CCCCCCCCCCCCCCCCCCCC(=O)NC(COC1OC(CO)C(OC2OC(CO)C(OC3OC(CO)C(O)C(O)C3O)C(O)C2O)C(O)C1O)C(O)/C=C/CC/C=C/CC/C=C/CCCCCCC. The molecule has 3 aliphatic rings. The lowest BCUT2D eigenvalue weighted by molar-refractivity contribution is -0.379. The van der Waals surface area contributed by atoms with E-state index in [0.717, 1.165) is 51.4 Å². The zero-order valence-electron chi connectivity index (χ0n) is 54.6. The van der Waals surface area contributed by atoms with Gasteiger partial charge in [0.2, 0.25) is 5.91 Å². The molecule has 0 saturated carbocycles. The minimum absolute atomic E-state index is 0.232. The Balaban J connectivity index is 1.40. The molecule has 3 aliphatic heterocycles. The molecular formula is C70H125NO18. The second kappa shape index (κ2) is 51.8. The van der Waals surface area contributed by atoms with Crippen molar-refractivity contribution in [3.05, 3.63) is 60.8 Å². The van der Waals surface area contributed by atoms with Crippen molar-refractivity contribution in [2.75, 3.05) is 26.4 Å². The smallest absolute Gasteiger partial charge is 0.220 e. The fourth-order valence-corrected chi connectivity index (χ4v) is 11.5. The number of rotatable bonds is 53. The summed E-state index contributed by atoms with van der Waals surface area (Å²) in [5, 5.41) is 120. The van der Waals surface area contributed by atoms with Crippen molar-refractivity contribution in [1.82, 2.24) is 5.32 Å². The Bertz CT molecular complexity index is 1850. The normalized spacial score (nSPS) is 28.6. The molecule has 3 rings (SSSR count). The van der Waals surface area contributed by atoms with E-state index >= 15 is 0 Å². The number of hydrogen-bond acceptors (Lipinski definition) is 18. The summed E-state index contributed by atoms with van der Waals surface area (Å²) in [4.78, 5) is 13.4. The average Bonchev–Trinajstić information content (AvgIpc) is 2.42. The van der Waals surface area contributed by atoms with E-state index < -0.39 is 124 Å². The lowest BCUT2D eigenvalue weighted by atomic mass is 9.96. The zero-order valence-corrected chi connectivity index (χ0v) is 54.6. The number of hydrogen-bond donors (Lipinski definition) is 12. The summed E-state index contributed by atoms with van der Waals surface area (Å²) in [7, 11) is 0. The monoisotopic (exact) mass is 1270 g/mol. The van der Waals surface area contributed by atoms with Gasteiger partial charge in [0.15, 0.2) is 18.9 Å². The maximum absolute atomic E-state index is 13.4. The molecule has 518 valence electrons. The summed E-state index contributed by atoms with van der Waals surface area (Å²) >= 11 is 0. The van der Waals surface area contributed by atoms with Crippen LogP contribution in [0.15, 0.2) is 60.8 Å². The summed E-state index contributed by atoms with van der Waals surface area (Å²) < 4.78 is 34.3. The van der Waals surface area contributed by atoms with E-state index in [9.17, 15) is 61.0 Å². The molecule has 3 heterocycles. The number of allylic oxidation sites excluding steroid dienone is 9. The van der Waals surface area contributed by atoms with E-state index in [4.69, 9.17) is 28.4 Å². The van der Waals surface area contributed by atoms with Gasteiger partial charge in [0, 0.05) is 6.42 Å². The second-order valence-corrected chi connectivity index (χ2v) is 25.0. The van der Waals surface area contributed by atoms with E-state index in [-0.39, 0.29) is 18.9 Å². The highest BCUT2D eigenvalue weighted by molar-refractivity contribution is 5.76. The van der Waals surface area contributed by atoms with Gasteiger partial charge < -0.3 is 89.9 Å². The molecular weight excluding hydrogens is 1140 g/mol. The first-order valence-corrected chi connectivity index (χ1v) is 35.0. The zero-order chi connectivity index (χ0) is 64.7. The maximum atomic E-state index is 13.4. The molecule has 0 aliphatic carbocycles. The summed E-state index contributed by atoms with van der Waals surface area (Å²) in [5.41, 5.74) is 0. The van der Waals surface area contributed by atoms with Crippen LogP contribution in [0.5, 0.6) is 0 Å². The van der Waals surface area contributed by atoms with Crippen LogP contribution in [-0.2, 0) is 33.2 Å². The second-order valence-electron chi connectivity index (χ2n) is 25.0. The number of ether oxygens (including phenoxy) is 6. The van der Waals surface area contributed by atoms with Gasteiger partial charge in [0.1, 0.15) is 73.2 Å². The topological polar surface area (TPSA) is 307 Å². The summed E-state index contributed by atoms with van der Waals surface area (Å²) in [6, 6.07) is -0.997. The Morgan fingerprint density at radius 3 is 1.19 bits per heavy atom. The quantitative estimate of drug-likeness (QED) is 0.0199. The van der Waals surface area contributed by atoms with Crippen LogP contribution in [0.25, 0.3) is 0 Å². The molecule has 89 heavy (non-hydrogen) atoms. The Morgan fingerprint density at radius 2 is 0.753 bits per heavy atom. The standard InChI is InChI=1S/C70H125NO18/c1-3-5-7-9-11-13-15-17-19-20-21-22-23-24-25-26-27-28-29-30-31-32-34-36-38-40-42-44-46-48-58(76)71-53(54(75)47-45-43-41-39-37-35-33-18-16-14-12-10-8-6-4-2)52-84-68-64(82)61(79)66(56(50-73)86-68)89-70-65(83)62(80)67(57(51-74)87-70)88-69-63(81)60(78)59(77)55(49-72)85-69/h15-18,20-21,37,39,45,47,53-57,59-70,72-75,77-83H,3-14,19,22-36,38,40-44,46,48-52H2,1-2H3,(H,71,76)/b17-15-,18-16+,21-20-,39-37+,47-45+. The van der Waals surface area contributed by atoms with E-state index in [2.05, 4.69) is 67.8 Å². The molecule has 12 N–H and O–H groups in total. The van der Waals surface area contributed by atoms with Crippen molar-refractivity contribution in [2.24, 2.45) is 0 Å². The molecule has 1 amide bonds. The number of unbranched alkanes of at least 4 members (excludes halogenated alkanes) is 29. The van der Waals surface area contributed by atoms with Crippen molar-refractivity contribution in [3.63, 3.8) is 0 Å². The van der Waals surface area contributed by atoms with E-state index in [0.29, 0.717) is 12.8 Å². The van der Waals surface area contributed by atoms with Gasteiger partial charge in [-0.05, 0) is 77.0 Å². The van der Waals surface area contributed by atoms with Crippen LogP contribution in [0.3, 0.4) is 0 Å². The van der Waals surface area contributed by atoms with Crippen LogP contribution >= 0.6 is 0 Å². The van der Waals surface area contributed by atoms with Crippen molar-refractivity contribution < 1.29 is 89.4 Å². The van der Waals surface area contributed by atoms with E-state index in [1.807, 2.05) is 6.08 Å². The number of carbonyl (C=O) groups is 1. The molecule has 19 heteroatoms. The van der Waals surface area contributed by atoms with Crippen LogP contribution in [0, 0.1) is 0 Å². The molecule has 0 radical (unpaired) electrons. The Morgan fingerprint density at radius 1 is 0.404 bits per heavy atom. The third kappa shape index (κ3) is 33.9. The van der Waals surface area contributed by atoms with Crippen LogP contribution in [0.2, 0.25) is 0 Å². The molecule has 3 saturated heterocycles. The number of aliphatic hydroxyl groups is 11. The third-order valence-electron chi connectivity index (χ3n) is 17.3. The van der Waals surface area contributed by atoms with Crippen LogP contribution in [-0.4, -0.2) is 193 Å². The molecule has 0 aromatic carbocycles. The number of carbonyl (C=O) groups excluding carboxylic acids is 1. The highest BCUT2D eigenvalue weighted by Crippen LogP contribution is 2.33. The molecule has 0 aromatic rings. The van der Waals surface area contributed by atoms with Gasteiger partial charge in [-0.15, -0.1) is 0 Å². The summed E-state index contributed by atoms with van der Waals surface area (Å²) in [5.74, 6) is -0.289. The number of nitrogens with one attached hydrogen (secondary N) is 1. The van der Waals surface area contributed by atoms with Gasteiger partial charge >= 0.3 is 0 Å². The predicted molar refractivity (Wildman–Crippen MR) is 346 cm³/mol. The molecule has 0 bridgehead atoms. The highest BCUT2D eigenvalue weighted by Gasteiger charge is 2.53. The largest absolute Gasteiger partial charge is 0.394 e. The van der Waals surface area contributed by atoms with E-state index in [1.54, 1.807) is 6.08 Å². The first kappa shape index (κ1) is 80.7. The lowest BCUT2D eigenvalue weighted by Crippen LogP contribution is -2.66. The number of aliphatic hydroxyl groups excluding tert-OH is 11. The van der Waals surface area contributed by atoms with Crippen molar-refractivity contribution in [1.29, 1.82) is 0 Å². The molecule has 3 fully saturated rings. The first-order valence-electron chi connectivity index (χ1n) is 35.0. The fourth-order valence-electron chi connectivity index (χ4n) is 11.5. The number of amides is 1. The van der Waals surface area contributed by atoms with Crippen LogP contribution in [0.4, 0.5) is 0 Å². The van der Waals surface area contributed by atoms with Gasteiger partial charge in [-0.2, -0.15) is 0 Å². The predicted octanol–water partition coefficient (Wildman–Crippen LogP) is 9.16. The Hall–Kier alpha value is -2.51. The van der Waals surface area contributed by atoms with Gasteiger partial charge in [-0.3, -0.25) is 4.79 Å². The molecule has 0 aromatic heterocycles. The molecule has 17 atom stereocenters. The van der Waals surface area contributed by atoms with Gasteiger partial charge in [0.25, 0.3) is 0 Å². The van der Waals surface area contributed by atoms with Crippen molar-refractivity contribution in [3.8, 4) is 0 Å². The highest BCUT2D eigenvalue weighted by atomic mass is 16.8. The van der Waals surface area contributed by atoms with Gasteiger partial charge in [-0.25, -0.2) is 0 Å². The first-order chi connectivity index (χ1) is 43.3. The summed E-state index contributed by atoms with van der Waals surface area (Å²) in [6.07, 6.45) is 36.4. The van der Waals surface area contributed by atoms with Gasteiger partial charge in [0.05, 0.1) is 38.6 Å². The molecule has 0 spiro atoms. The maximum Gasteiger partial charge on any atom is 0.220 e. The summed E-state index contributed by atoms with van der Waals surface area (Å²) in [6.45, 7) is 1.68.